The van der Waals surface area contributed by atoms with Gasteiger partial charge in [-0.15, -0.1) is 0 Å². The first-order valence-electron chi connectivity index (χ1n) is 6.02. The molecule has 3 N–H and O–H groups in total. The Morgan fingerprint density at radius 2 is 1.68 bits per heavy atom. The molecule has 1 aliphatic rings. The van der Waals surface area contributed by atoms with Crippen molar-refractivity contribution in [1.82, 2.24) is 4.72 Å². The van der Waals surface area contributed by atoms with Crippen molar-refractivity contribution in [2.45, 2.75) is 43.0 Å². The molecule has 0 bridgehead atoms. The number of rotatable bonds is 3. The van der Waals surface area contributed by atoms with Crippen LogP contribution in [-0.4, -0.2) is 14.0 Å². The average molecular weight is 290 g/mol. The molecule has 1 aromatic carbocycles. The molecule has 0 saturated heterocycles. The third kappa shape index (κ3) is 2.87. The van der Waals surface area contributed by atoms with Crippen molar-refractivity contribution >= 4 is 15.7 Å². The van der Waals surface area contributed by atoms with E-state index in [0.29, 0.717) is 12.8 Å². The Kier molecular flexibility index (Phi) is 3.53. The maximum Gasteiger partial charge on any atom is 0.246 e. The Balaban J connectivity index is 2.40. The molecule has 0 aliphatic heterocycles. The lowest BCUT2D eigenvalue weighted by molar-refractivity contribution is 0.422. The highest BCUT2D eigenvalue weighted by molar-refractivity contribution is 7.89. The summed E-state index contributed by atoms with van der Waals surface area (Å²) < 4.78 is 54.0. The van der Waals surface area contributed by atoms with Crippen LogP contribution in [0.1, 0.15) is 32.6 Å². The average Bonchev–Trinajstić information content (AvgIpc) is 2.60. The van der Waals surface area contributed by atoms with Crippen molar-refractivity contribution in [3.8, 4) is 0 Å². The smallest absolute Gasteiger partial charge is 0.246 e. The van der Waals surface area contributed by atoms with Crippen LogP contribution < -0.4 is 10.5 Å². The van der Waals surface area contributed by atoms with Crippen molar-refractivity contribution in [3.05, 3.63) is 23.8 Å². The summed E-state index contributed by atoms with van der Waals surface area (Å²) in [4.78, 5) is -0.963. The van der Waals surface area contributed by atoms with Gasteiger partial charge < -0.3 is 5.73 Å². The molecule has 1 aliphatic carbocycles. The van der Waals surface area contributed by atoms with Crippen LogP contribution in [0.2, 0.25) is 0 Å². The molecular formula is C12H16F2N2O2S. The quantitative estimate of drug-likeness (QED) is 0.838. The van der Waals surface area contributed by atoms with Crippen LogP contribution >= 0.6 is 0 Å². The molecule has 0 radical (unpaired) electrons. The monoisotopic (exact) mass is 290 g/mol. The second kappa shape index (κ2) is 4.72. The number of sulfonamides is 1. The zero-order chi connectivity index (χ0) is 14.3. The second-order valence-corrected chi connectivity index (χ2v) is 6.81. The van der Waals surface area contributed by atoms with Crippen LogP contribution in [0.15, 0.2) is 17.0 Å². The van der Waals surface area contributed by atoms with Crippen LogP contribution in [0, 0.1) is 11.6 Å². The van der Waals surface area contributed by atoms with Crippen LogP contribution in [0.25, 0.3) is 0 Å². The lowest BCUT2D eigenvalue weighted by Gasteiger charge is -2.25. The Bertz CT molecular complexity index is 573. The fourth-order valence-electron chi connectivity index (χ4n) is 2.47. The van der Waals surface area contributed by atoms with Gasteiger partial charge in [0.2, 0.25) is 10.0 Å². The van der Waals surface area contributed by atoms with Gasteiger partial charge in [0, 0.05) is 11.2 Å². The normalized spacial score (nSPS) is 18.7. The van der Waals surface area contributed by atoms with Gasteiger partial charge in [-0.05, 0) is 31.9 Å². The largest absolute Gasteiger partial charge is 0.399 e. The third-order valence-corrected chi connectivity index (χ3v) is 5.07. The standard InChI is InChI=1S/C12H16F2N2O2S/c1-12(4-2-3-5-12)16-19(17,18)11-9(13)6-8(15)7-10(11)14/h6-7,16H,2-5,15H2,1H3. The maximum atomic E-state index is 13.7. The molecule has 1 saturated carbocycles. The summed E-state index contributed by atoms with van der Waals surface area (Å²) in [5.41, 5.74) is 4.47. The molecule has 1 aromatic rings. The molecule has 106 valence electrons. The highest BCUT2D eigenvalue weighted by Gasteiger charge is 2.36. The van der Waals surface area contributed by atoms with Crippen LogP contribution in [0.5, 0.6) is 0 Å². The molecule has 1 fully saturated rings. The highest BCUT2D eigenvalue weighted by Crippen LogP contribution is 2.31. The zero-order valence-electron chi connectivity index (χ0n) is 10.5. The molecular weight excluding hydrogens is 274 g/mol. The predicted molar refractivity (Wildman–Crippen MR) is 68.0 cm³/mol. The fourth-order valence-corrected chi connectivity index (χ4v) is 4.06. The summed E-state index contributed by atoms with van der Waals surface area (Å²) in [6, 6.07) is 1.60. The van der Waals surface area contributed by atoms with Crippen molar-refractivity contribution in [1.29, 1.82) is 0 Å². The third-order valence-electron chi connectivity index (χ3n) is 3.38. The number of anilines is 1. The van der Waals surface area contributed by atoms with Gasteiger partial charge in [-0.3, -0.25) is 0 Å². The van der Waals surface area contributed by atoms with E-state index in [9.17, 15) is 17.2 Å². The molecule has 0 unspecified atom stereocenters. The molecule has 2 rings (SSSR count). The minimum Gasteiger partial charge on any atom is -0.399 e. The lowest BCUT2D eigenvalue weighted by atomic mass is 10.0. The Labute approximate surface area is 111 Å². The molecule has 0 spiro atoms. The summed E-state index contributed by atoms with van der Waals surface area (Å²) in [6.07, 6.45) is 3.10. The summed E-state index contributed by atoms with van der Waals surface area (Å²) in [6.45, 7) is 1.74. The SMILES string of the molecule is CC1(NS(=O)(=O)c2c(F)cc(N)cc2F)CCCC1. The number of nitrogen functional groups attached to an aromatic ring is 1. The first kappa shape index (κ1) is 14.2. The van der Waals surface area contributed by atoms with Crippen molar-refractivity contribution in [3.63, 3.8) is 0 Å². The van der Waals surface area contributed by atoms with Crippen LogP contribution in [-0.2, 0) is 10.0 Å². The Hall–Kier alpha value is -1.21. The van der Waals surface area contributed by atoms with Gasteiger partial charge in [-0.2, -0.15) is 0 Å². The number of halogens is 2. The Morgan fingerprint density at radius 1 is 1.21 bits per heavy atom. The molecule has 19 heavy (non-hydrogen) atoms. The number of hydrogen-bond acceptors (Lipinski definition) is 3. The second-order valence-electron chi connectivity index (χ2n) is 5.19. The van der Waals surface area contributed by atoms with Gasteiger partial charge in [0.05, 0.1) is 0 Å². The minimum absolute atomic E-state index is 0.152. The van der Waals surface area contributed by atoms with E-state index in [-0.39, 0.29) is 5.69 Å². The van der Waals surface area contributed by atoms with Gasteiger partial charge in [-0.25, -0.2) is 21.9 Å². The van der Waals surface area contributed by atoms with Gasteiger partial charge >= 0.3 is 0 Å². The van der Waals surface area contributed by atoms with E-state index in [4.69, 9.17) is 5.73 Å². The number of benzene rings is 1. The van der Waals surface area contributed by atoms with Crippen molar-refractivity contribution in [2.24, 2.45) is 0 Å². The maximum absolute atomic E-state index is 13.7. The van der Waals surface area contributed by atoms with Crippen LogP contribution in [0.4, 0.5) is 14.5 Å². The highest BCUT2D eigenvalue weighted by atomic mass is 32.2. The minimum atomic E-state index is -4.24. The summed E-state index contributed by atoms with van der Waals surface area (Å²) >= 11 is 0. The van der Waals surface area contributed by atoms with E-state index in [1.54, 1.807) is 6.92 Å². The van der Waals surface area contributed by atoms with E-state index in [0.717, 1.165) is 25.0 Å². The lowest BCUT2D eigenvalue weighted by Crippen LogP contribution is -2.44. The molecule has 0 heterocycles. The summed E-state index contributed by atoms with van der Waals surface area (Å²) in [7, 11) is -4.24. The molecule has 0 aromatic heterocycles. The first-order valence-corrected chi connectivity index (χ1v) is 7.50. The number of nitrogens with two attached hydrogens (primary N) is 1. The van der Waals surface area contributed by atoms with Crippen LogP contribution in [0.3, 0.4) is 0 Å². The molecule has 7 heteroatoms. The Morgan fingerprint density at radius 3 is 2.16 bits per heavy atom. The number of hydrogen-bond donors (Lipinski definition) is 2. The number of nitrogens with one attached hydrogen (secondary N) is 1. The topological polar surface area (TPSA) is 72.2 Å². The molecule has 0 amide bonds. The first-order chi connectivity index (χ1) is 8.73. The fraction of sp³-hybridized carbons (Fsp3) is 0.500. The van der Waals surface area contributed by atoms with E-state index < -0.39 is 32.1 Å². The zero-order valence-corrected chi connectivity index (χ0v) is 11.4. The van der Waals surface area contributed by atoms with Gasteiger partial charge in [0.25, 0.3) is 0 Å². The van der Waals surface area contributed by atoms with E-state index in [1.807, 2.05) is 0 Å². The molecule has 0 atom stereocenters. The summed E-state index contributed by atoms with van der Waals surface area (Å²) in [5, 5.41) is 0. The molecule has 4 nitrogen and oxygen atoms in total. The van der Waals surface area contributed by atoms with Gasteiger partial charge in [0.1, 0.15) is 11.6 Å². The van der Waals surface area contributed by atoms with Gasteiger partial charge in [-0.1, -0.05) is 12.8 Å². The van der Waals surface area contributed by atoms with E-state index in [1.165, 1.54) is 0 Å². The van der Waals surface area contributed by atoms with Gasteiger partial charge in [0.15, 0.2) is 4.90 Å². The predicted octanol–water partition coefficient (Wildman–Crippen LogP) is 2.16. The van der Waals surface area contributed by atoms with Crippen molar-refractivity contribution < 1.29 is 17.2 Å². The van der Waals surface area contributed by atoms with E-state index in [2.05, 4.69) is 4.72 Å². The summed E-state index contributed by atoms with van der Waals surface area (Å²) in [5.74, 6) is -2.35. The van der Waals surface area contributed by atoms with E-state index >= 15 is 0 Å². The van der Waals surface area contributed by atoms with Crippen molar-refractivity contribution in [2.75, 3.05) is 5.73 Å².